The molecule has 0 amide bonds. The van der Waals surface area contributed by atoms with Gasteiger partial charge in [-0.05, 0) is 18.6 Å². The van der Waals surface area contributed by atoms with Gasteiger partial charge in [0.2, 0.25) is 0 Å². The van der Waals surface area contributed by atoms with Crippen LogP contribution in [0.15, 0.2) is 30.9 Å². The largest absolute Gasteiger partial charge is 0.383 e. The maximum atomic E-state index is 4.97. The molecular weight excluding hydrogens is 240 g/mol. The number of hydrogen-bond acceptors (Lipinski definition) is 5. The maximum absolute atomic E-state index is 4.97. The Morgan fingerprint density at radius 2 is 2.00 bits per heavy atom. The fourth-order valence-electron chi connectivity index (χ4n) is 1.69. The smallest absolute Gasteiger partial charge is 0.160 e. The highest BCUT2D eigenvalue weighted by Crippen LogP contribution is 2.17. The zero-order chi connectivity index (χ0) is 13.5. The van der Waals surface area contributed by atoms with Crippen molar-refractivity contribution >= 4 is 0 Å². The Kier molecular flexibility index (Phi) is 4.94. The van der Waals surface area contributed by atoms with Crippen molar-refractivity contribution in [2.45, 2.75) is 13.5 Å². The van der Waals surface area contributed by atoms with E-state index in [1.807, 2.05) is 25.4 Å². The lowest BCUT2D eigenvalue weighted by Crippen LogP contribution is -2.18. The van der Waals surface area contributed by atoms with Crippen LogP contribution in [-0.4, -0.2) is 35.2 Å². The van der Waals surface area contributed by atoms with E-state index in [9.17, 15) is 0 Å². The van der Waals surface area contributed by atoms with Crippen molar-refractivity contribution in [1.29, 1.82) is 0 Å². The molecule has 0 bridgehead atoms. The monoisotopic (exact) mass is 258 g/mol. The van der Waals surface area contributed by atoms with Crippen molar-refractivity contribution < 1.29 is 4.74 Å². The summed E-state index contributed by atoms with van der Waals surface area (Å²) in [5.74, 6) is 0.714. The summed E-state index contributed by atoms with van der Waals surface area (Å²) >= 11 is 0. The van der Waals surface area contributed by atoms with Gasteiger partial charge in [0, 0.05) is 56.1 Å². The summed E-state index contributed by atoms with van der Waals surface area (Å²) in [6, 6.07) is 1.96. The Balaban J connectivity index is 2.01. The van der Waals surface area contributed by atoms with E-state index in [4.69, 9.17) is 4.74 Å². The number of rotatable bonds is 6. The van der Waals surface area contributed by atoms with Crippen molar-refractivity contribution in [2.75, 3.05) is 20.3 Å². The molecule has 0 radical (unpaired) electrons. The van der Waals surface area contributed by atoms with Gasteiger partial charge in [-0.1, -0.05) is 0 Å². The van der Waals surface area contributed by atoms with Crippen molar-refractivity contribution in [3.63, 3.8) is 0 Å². The summed E-state index contributed by atoms with van der Waals surface area (Å²) in [6.45, 7) is 4.30. The van der Waals surface area contributed by atoms with Gasteiger partial charge >= 0.3 is 0 Å². The highest BCUT2D eigenvalue weighted by molar-refractivity contribution is 5.57. The molecule has 0 unspecified atom stereocenters. The number of nitrogens with one attached hydrogen (secondary N) is 1. The van der Waals surface area contributed by atoms with Crippen LogP contribution in [0.1, 0.15) is 11.1 Å². The predicted molar refractivity (Wildman–Crippen MR) is 73.6 cm³/mol. The molecule has 0 saturated heterocycles. The molecule has 0 aromatic carbocycles. The Hall–Kier alpha value is -1.85. The van der Waals surface area contributed by atoms with Gasteiger partial charge in [-0.2, -0.15) is 0 Å². The normalized spacial score (nSPS) is 10.6. The number of nitrogens with zero attached hydrogens (tertiary/aromatic N) is 3. The van der Waals surface area contributed by atoms with Crippen molar-refractivity contribution in [3.8, 4) is 11.4 Å². The lowest BCUT2D eigenvalue weighted by atomic mass is 10.1. The van der Waals surface area contributed by atoms with Crippen LogP contribution >= 0.6 is 0 Å². The lowest BCUT2D eigenvalue weighted by Gasteiger charge is -2.06. The Labute approximate surface area is 113 Å². The minimum absolute atomic E-state index is 0.702. The minimum Gasteiger partial charge on any atom is -0.383 e. The molecule has 5 heteroatoms. The van der Waals surface area contributed by atoms with Gasteiger partial charge < -0.3 is 10.1 Å². The topological polar surface area (TPSA) is 59.9 Å². The van der Waals surface area contributed by atoms with E-state index in [-0.39, 0.29) is 0 Å². The highest BCUT2D eigenvalue weighted by Gasteiger charge is 2.04. The molecule has 2 aromatic rings. The predicted octanol–water partition coefficient (Wildman–Crippen LogP) is 1.58. The molecule has 2 rings (SSSR count). The molecule has 0 aliphatic heterocycles. The number of aromatic nitrogens is 3. The van der Waals surface area contributed by atoms with Crippen LogP contribution in [0, 0.1) is 6.92 Å². The number of hydrogen-bond donors (Lipinski definition) is 1. The van der Waals surface area contributed by atoms with E-state index < -0.39 is 0 Å². The molecule has 2 heterocycles. The number of methoxy groups -OCH3 is 1. The molecule has 0 saturated carbocycles. The van der Waals surface area contributed by atoms with Gasteiger partial charge in [0.15, 0.2) is 5.82 Å². The number of pyridine rings is 1. The second kappa shape index (κ2) is 6.92. The van der Waals surface area contributed by atoms with E-state index in [0.717, 1.165) is 29.8 Å². The highest BCUT2D eigenvalue weighted by atomic mass is 16.5. The van der Waals surface area contributed by atoms with Gasteiger partial charge in [0.25, 0.3) is 0 Å². The average molecular weight is 258 g/mol. The number of aryl methyl sites for hydroxylation is 1. The molecule has 19 heavy (non-hydrogen) atoms. The Morgan fingerprint density at radius 3 is 2.68 bits per heavy atom. The summed E-state index contributed by atoms with van der Waals surface area (Å²) in [6.07, 6.45) is 7.25. The Morgan fingerprint density at radius 1 is 1.21 bits per heavy atom. The molecule has 0 fully saturated rings. The molecule has 0 aliphatic carbocycles. The summed E-state index contributed by atoms with van der Waals surface area (Å²) in [7, 11) is 1.69. The summed E-state index contributed by atoms with van der Waals surface area (Å²) in [4.78, 5) is 12.9. The first-order chi connectivity index (χ1) is 9.31. The number of ether oxygens (including phenoxy) is 1. The third-order valence-electron chi connectivity index (χ3n) is 2.80. The molecule has 1 N–H and O–H groups in total. The molecule has 0 aliphatic rings. The molecule has 0 atom stereocenters. The molecule has 2 aromatic heterocycles. The summed E-state index contributed by atoms with van der Waals surface area (Å²) < 4.78 is 4.97. The molecular formula is C14H18N4O. The third-order valence-corrected chi connectivity index (χ3v) is 2.80. The van der Waals surface area contributed by atoms with Gasteiger partial charge in [0.1, 0.15) is 0 Å². The zero-order valence-electron chi connectivity index (χ0n) is 11.3. The van der Waals surface area contributed by atoms with Crippen LogP contribution < -0.4 is 5.32 Å². The molecule has 0 spiro atoms. The van der Waals surface area contributed by atoms with Crippen LogP contribution in [0.25, 0.3) is 11.4 Å². The van der Waals surface area contributed by atoms with Crippen LogP contribution in [-0.2, 0) is 11.3 Å². The van der Waals surface area contributed by atoms with Crippen LogP contribution in [0.5, 0.6) is 0 Å². The van der Waals surface area contributed by atoms with Crippen molar-refractivity contribution in [1.82, 2.24) is 20.3 Å². The van der Waals surface area contributed by atoms with E-state index in [0.29, 0.717) is 12.4 Å². The first-order valence-corrected chi connectivity index (χ1v) is 6.23. The fourth-order valence-corrected chi connectivity index (χ4v) is 1.69. The zero-order valence-corrected chi connectivity index (χ0v) is 11.3. The van der Waals surface area contributed by atoms with Gasteiger partial charge in [0.05, 0.1) is 6.61 Å². The van der Waals surface area contributed by atoms with E-state index in [1.54, 1.807) is 19.5 Å². The third kappa shape index (κ3) is 3.81. The van der Waals surface area contributed by atoms with E-state index in [2.05, 4.69) is 20.3 Å². The lowest BCUT2D eigenvalue weighted by molar-refractivity contribution is 0.199. The standard InChI is InChI=1S/C14H18N4O/c1-11-3-4-15-10-13(11)14-17-8-12(9-18-14)7-16-5-6-19-2/h3-4,8-10,16H,5-7H2,1-2H3. The van der Waals surface area contributed by atoms with Crippen molar-refractivity contribution in [2.24, 2.45) is 0 Å². The minimum atomic E-state index is 0.702. The quantitative estimate of drug-likeness (QED) is 0.797. The van der Waals surface area contributed by atoms with Crippen molar-refractivity contribution in [3.05, 3.63) is 42.0 Å². The summed E-state index contributed by atoms with van der Waals surface area (Å²) in [5.41, 5.74) is 3.16. The Bertz CT molecular complexity index is 513. The van der Waals surface area contributed by atoms with Gasteiger partial charge in [-0.3, -0.25) is 4.98 Å². The fraction of sp³-hybridized carbons (Fsp3) is 0.357. The molecule has 100 valence electrons. The first kappa shape index (κ1) is 13.6. The molecule has 5 nitrogen and oxygen atoms in total. The van der Waals surface area contributed by atoms with Gasteiger partial charge in [-0.25, -0.2) is 9.97 Å². The second-order valence-electron chi connectivity index (χ2n) is 4.28. The van der Waals surface area contributed by atoms with E-state index >= 15 is 0 Å². The first-order valence-electron chi connectivity index (χ1n) is 6.23. The van der Waals surface area contributed by atoms with E-state index in [1.165, 1.54) is 0 Å². The van der Waals surface area contributed by atoms with Crippen LogP contribution in [0.3, 0.4) is 0 Å². The maximum Gasteiger partial charge on any atom is 0.160 e. The average Bonchev–Trinajstić information content (AvgIpc) is 2.45. The summed E-state index contributed by atoms with van der Waals surface area (Å²) in [5, 5.41) is 3.26. The SMILES string of the molecule is COCCNCc1cnc(-c2cnccc2C)nc1. The van der Waals surface area contributed by atoms with Gasteiger partial charge in [-0.15, -0.1) is 0 Å². The van der Waals surface area contributed by atoms with Crippen LogP contribution in [0.4, 0.5) is 0 Å². The van der Waals surface area contributed by atoms with Crippen LogP contribution in [0.2, 0.25) is 0 Å². The second-order valence-corrected chi connectivity index (χ2v) is 4.28.